The van der Waals surface area contributed by atoms with Crippen LogP contribution in [0.5, 0.6) is 0 Å². The van der Waals surface area contributed by atoms with Crippen molar-refractivity contribution in [3.8, 4) is 0 Å². The Bertz CT molecular complexity index is 817. The summed E-state index contributed by atoms with van der Waals surface area (Å²) in [4.78, 5) is 47.5. The third-order valence-electron chi connectivity index (χ3n) is 4.66. The van der Waals surface area contributed by atoms with E-state index in [1.165, 1.54) is 20.8 Å². The molecule has 150 valence electrons. The van der Waals surface area contributed by atoms with E-state index in [-0.39, 0.29) is 49.4 Å². The molecule has 1 fully saturated rings. The van der Waals surface area contributed by atoms with Gasteiger partial charge in [-0.3, -0.25) is 14.5 Å². The minimum atomic E-state index is -3.92. The standard InChI is InChI=1S/C17H22ClNO7S/c1-9(20)4-6-13-12(8-26-11(3)22)14(7-5-10(2)21)27(24,25)17-15(18)16(23)19(13)17/h14-15,17H,4-8H2,1-3H3/t14?,15-,17-/m0/s1. The number of esters is 1. The van der Waals surface area contributed by atoms with Gasteiger partial charge in [-0.05, 0) is 26.7 Å². The maximum absolute atomic E-state index is 13.1. The maximum Gasteiger partial charge on any atom is 0.302 e. The lowest BCUT2D eigenvalue weighted by atomic mass is 9.97. The normalized spacial score (nSPS) is 26.3. The first-order valence-electron chi connectivity index (χ1n) is 8.52. The molecule has 10 heteroatoms. The van der Waals surface area contributed by atoms with Gasteiger partial charge in [-0.25, -0.2) is 8.42 Å². The van der Waals surface area contributed by atoms with Gasteiger partial charge in [-0.1, -0.05) is 0 Å². The molecule has 0 aliphatic carbocycles. The molecule has 2 heterocycles. The number of halogens is 1. The molecule has 27 heavy (non-hydrogen) atoms. The molecule has 0 aromatic rings. The average molecular weight is 420 g/mol. The van der Waals surface area contributed by atoms with Crippen molar-refractivity contribution in [1.29, 1.82) is 0 Å². The van der Waals surface area contributed by atoms with Crippen LogP contribution >= 0.6 is 11.6 Å². The highest BCUT2D eigenvalue weighted by molar-refractivity contribution is 7.93. The van der Waals surface area contributed by atoms with E-state index in [0.29, 0.717) is 5.70 Å². The first kappa shape index (κ1) is 21.6. The van der Waals surface area contributed by atoms with E-state index in [2.05, 4.69) is 0 Å². The van der Waals surface area contributed by atoms with Gasteiger partial charge < -0.3 is 14.3 Å². The van der Waals surface area contributed by atoms with Gasteiger partial charge in [0.2, 0.25) is 5.91 Å². The number of carbonyl (C=O) groups is 4. The zero-order valence-electron chi connectivity index (χ0n) is 15.4. The van der Waals surface area contributed by atoms with Gasteiger partial charge in [0, 0.05) is 31.0 Å². The van der Waals surface area contributed by atoms with Crippen molar-refractivity contribution in [3.63, 3.8) is 0 Å². The number of nitrogens with zero attached hydrogens (tertiary/aromatic N) is 1. The number of β-lactam (4-membered cyclic amide) rings is 1. The molecule has 3 atom stereocenters. The number of rotatable bonds is 8. The Kier molecular flexibility index (Phi) is 6.47. The summed E-state index contributed by atoms with van der Waals surface area (Å²) in [6.07, 6.45) is 0.243. The van der Waals surface area contributed by atoms with Crippen LogP contribution in [0.4, 0.5) is 0 Å². The monoisotopic (exact) mass is 419 g/mol. The summed E-state index contributed by atoms with van der Waals surface area (Å²) in [7, 11) is -3.92. The smallest absolute Gasteiger partial charge is 0.302 e. The Morgan fingerprint density at radius 2 is 1.70 bits per heavy atom. The van der Waals surface area contributed by atoms with Crippen LogP contribution < -0.4 is 0 Å². The number of carbonyl (C=O) groups excluding carboxylic acids is 4. The molecular formula is C17H22ClNO7S. The molecule has 1 saturated heterocycles. The number of ketones is 2. The predicted molar refractivity (Wildman–Crippen MR) is 96.5 cm³/mol. The molecule has 0 N–H and O–H groups in total. The first-order chi connectivity index (χ1) is 12.5. The van der Waals surface area contributed by atoms with Crippen LogP contribution in [0.2, 0.25) is 0 Å². The zero-order chi connectivity index (χ0) is 20.5. The Morgan fingerprint density at radius 1 is 1.11 bits per heavy atom. The number of amides is 1. The van der Waals surface area contributed by atoms with E-state index < -0.39 is 37.7 Å². The Labute approximate surface area is 162 Å². The second-order valence-electron chi connectivity index (χ2n) is 6.77. The molecule has 0 aromatic carbocycles. The number of hydrogen-bond acceptors (Lipinski definition) is 7. The molecule has 1 unspecified atom stereocenters. The highest BCUT2D eigenvalue weighted by atomic mass is 35.5. The van der Waals surface area contributed by atoms with Crippen molar-refractivity contribution in [1.82, 2.24) is 4.90 Å². The number of hydrogen-bond donors (Lipinski definition) is 0. The fourth-order valence-electron chi connectivity index (χ4n) is 3.34. The lowest BCUT2D eigenvalue weighted by Crippen LogP contribution is -2.69. The zero-order valence-corrected chi connectivity index (χ0v) is 16.9. The van der Waals surface area contributed by atoms with Gasteiger partial charge in [-0.15, -0.1) is 11.6 Å². The van der Waals surface area contributed by atoms with E-state index >= 15 is 0 Å². The molecule has 1 amide bonds. The SMILES string of the molecule is CC(=O)CCC1=C(COC(C)=O)C(CCC(C)=O)S(=O)(=O)[C@H]2[C@@H](Cl)C(=O)N12. The van der Waals surface area contributed by atoms with Crippen molar-refractivity contribution in [2.45, 2.75) is 62.5 Å². The van der Waals surface area contributed by atoms with Crippen LogP contribution in [0.3, 0.4) is 0 Å². The van der Waals surface area contributed by atoms with Crippen LogP contribution in [-0.2, 0) is 33.8 Å². The number of ether oxygens (including phenoxy) is 1. The lowest BCUT2D eigenvalue weighted by Gasteiger charge is -2.50. The van der Waals surface area contributed by atoms with Crippen LogP contribution in [0.1, 0.15) is 46.5 Å². The minimum absolute atomic E-state index is 0.0000243. The second kappa shape index (κ2) is 8.10. The largest absolute Gasteiger partial charge is 0.461 e. The summed E-state index contributed by atoms with van der Waals surface area (Å²) in [5.74, 6) is -1.48. The molecule has 0 spiro atoms. The van der Waals surface area contributed by atoms with Crippen molar-refractivity contribution in [3.05, 3.63) is 11.3 Å². The van der Waals surface area contributed by atoms with Crippen molar-refractivity contribution in [2.24, 2.45) is 0 Å². The van der Waals surface area contributed by atoms with E-state index in [1.807, 2.05) is 0 Å². The first-order valence-corrected chi connectivity index (χ1v) is 10.6. The predicted octanol–water partition coefficient (Wildman–Crippen LogP) is 1.11. The number of sulfone groups is 1. The number of Topliss-reactive ketones (excluding diaryl/α,β-unsaturated/α-hetero) is 2. The summed E-state index contributed by atoms with van der Waals surface area (Å²) in [6, 6.07) is 0. The summed E-state index contributed by atoms with van der Waals surface area (Å²) in [5, 5.41) is -3.54. The molecular weight excluding hydrogens is 398 g/mol. The van der Waals surface area contributed by atoms with Crippen LogP contribution in [-0.4, -0.2) is 59.4 Å². The van der Waals surface area contributed by atoms with Gasteiger partial charge in [0.05, 0.1) is 5.25 Å². The Morgan fingerprint density at radius 3 is 2.22 bits per heavy atom. The lowest BCUT2D eigenvalue weighted by molar-refractivity contribution is -0.140. The highest BCUT2D eigenvalue weighted by Gasteiger charge is 2.60. The summed E-state index contributed by atoms with van der Waals surface area (Å²) < 4.78 is 31.1. The van der Waals surface area contributed by atoms with Gasteiger partial charge >= 0.3 is 5.97 Å². The average Bonchev–Trinajstić information content (AvgIpc) is 2.55. The molecule has 8 nitrogen and oxygen atoms in total. The Hall–Kier alpha value is -1.74. The maximum atomic E-state index is 13.1. The van der Waals surface area contributed by atoms with Gasteiger partial charge in [-0.2, -0.15) is 0 Å². The molecule has 2 aliphatic rings. The van der Waals surface area contributed by atoms with Crippen molar-refractivity contribution in [2.75, 3.05) is 6.61 Å². The summed E-state index contributed by atoms with van der Waals surface area (Å²) in [6.45, 7) is 3.60. The number of allylic oxidation sites excluding steroid dienone is 1. The highest BCUT2D eigenvalue weighted by Crippen LogP contribution is 2.44. The number of alkyl halides is 1. The van der Waals surface area contributed by atoms with Crippen LogP contribution in [0.25, 0.3) is 0 Å². The van der Waals surface area contributed by atoms with Crippen LogP contribution in [0, 0.1) is 0 Å². The Balaban J connectivity index is 2.55. The van der Waals surface area contributed by atoms with E-state index in [4.69, 9.17) is 16.3 Å². The molecule has 0 aromatic heterocycles. The molecule has 0 bridgehead atoms. The van der Waals surface area contributed by atoms with Crippen molar-refractivity contribution >= 4 is 44.9 Å². The summed E-state index contributed by atoms with van der Waals surface area (Å²) in [5.41, 5.74) is 0.586. The molecule has 0 radical (unpaired) electrons. The quantitative estimate of drug-likeness (QED) is 0.329. The van der Waals surface area contributed by atoms with E-state index in [0.717, 1.165) is 4.90 Å². The van der Waals surface area contributed by atoms with Gasteiger partial charge in [0.25, 0.3) is 0 Å². The molecule has 0 saturated carbocycles. The topological polar surface area (TPSA) is 115 Å². The van der Waals surface area contributed by atoms with E-state index in [9.17, 15) is 27.6 Å². The van der Waals surface area contributed by atoms with E-state index in [1.54, 1.807) is 0 Å². The third kappa shape index (κ3) is 4.24. The fraction of sp³-hybridized carbons (Fsp3) is 0.647. The van der Waals surface area contributed by atoms with Gasteiger partial charge in [0.15, 0.2) is 15.2 Å². The second-order valence-corrected chi connectivity index (χ2v) is 9.47. The van der Waals surface area contributed by atoms with Gasteiger partial charge in [0.1, 0.15) is 23.6 Å². The number of fused-ring (bicyclic) bond motifs is 1. The molecule has 2 aliphatic heterocycles. The minimum Gasteiger partial charge on any atom is -0.461 e. The van der Waals surface area contributed by atoms with Crippen LogP contribution in [0.15, 0.2) is 11.3 Å². The molecule has 2 rings (SSSR count). The van der Waals surface area contributed by atoms with Crippen molar-refractivity contribution < 1.29 is 32.3 Å². The fourth-order valence-corrected chi connectivity index (χ4v) is 6.35. The third-order valence-corrected chi connectivity index (χ3v) is 7.71. The summed E-state index contributed by atoms with van der Waals surface area (Å²) >= 11 is 5.98.